The molecule has 2 nitrogen and oxygen atoms in total. The van der Waals surface area contributed by atoms with E-state index in [0.29, 0.717) is 17.4 Å². The van der Waals surface area contributed by atoms with Crippen LogP contribution in [0.5, 0.6) is 0 Å². The van der Waals surface area contributed by atoms with Crippen LogP contribution < -0.4 is 11.1 Å². The minimum Gasteiger partial charge on any atom is -0.326 e. The van der Waals surface area contributed by atoms with Crippen LogP contribution in [0.1, 0.15) is 52.9 Å². The normalized spacial score (nSPS) is 24.0. The Balaban J connectivity index is 2.15. The second-order valence-corrected chi connectivity index (χ2v) is 5.70. The molecule has 0 aromatic rings. The van der Waals surface area contributed by atoms with Crippen molar-refractivity contribution in [2.45, 2.75) is 58.9 Å². The van der Waals surface area contributed by atoms with Gasteiger partial charge in [0.1, 0.15) is 0 Å². The third-order valence-electron chi connectivity index (χ3n) is 4.12. The van der Waals surface area contributed by atoms with E-state index < -0.39 is 0 Å². The fourth-order valence-corrected chi connectivity index (χ4v) is 2.45. The van der Waals surface area contributed by atoms with Crippen molar-refractivity contribution in [1.29, 1.82) is 0 Å². The Bertz CT molecular complexity index is 173. The molecule has 0 radical (unpaired) electrons. The van der Waals surface area contributed by atoms with Crippen LogP contribution in [0.25, 0.3) is 0 Å². The van der Waals surface area contributed by atoms with Crippen LogP contribution in [-0.2, 0) is 0 Å². The van der Waals surface area contributed by atoms with Gasteiger partial charge in [-0.05, 0) is 24.2 Å². The smallest absolute Gasteiger partial charge is 0.0191 e. The molecule has 2 heteroatoms. The van der Waals surface area contributed by atoms with Gasteiger partial charge in [0, 0.05) is 19.1 Å². The van der Waals surface area contributed by atoms with Gasteiger partial charge in [-0.15, -0.1) is 0 Å². The van der Waals surface area contributed by atoms with Crippen molar-refractivity contribution < 1.29 is 0 Å². The summed E-state index contributed by atoms with van der Waals surface area (Å²) in [5.41, 5.74) is 6.64. The maximum Gasteiger partial charge on any atom is 0.0191 e. The summed E-state index contributed by atoms with van der Waals surface area (Å²) < 4.78 is 0. The van der Waals surface area contributed by atoms with Gasteiger partial charge in [0.2, 0.25) is 0 Å². The van der Waals surface area contributed by atoms with Crippen molar-refractivity contribution in [3.8, 4) is 0 Å². The fourth-order valence-electron chi connectivity index (χ4n) is 2.45. The van der Waals surface area contributed by atoms with Gasteiger partial charge < -0.3 is 11.1 Å². The molecule has 0 bridgehead atoms. The summed E-state index contributed by atoms with van der Waals surface area (Å²) in [6.45, 7) is 8.98. The monoisotopic (exact) mass is 212 g/mol. The standard InChI is InChI=1S/C13H28N2/c1-4-11(2)12(14)9-15-10-13(3)7-5-6-8-13/h11-12,15H,4-10,14H2,1-3H3. The average Bonchev–Trinajstić information content (AvgIpc) is 2.64. The number of hydrogen-bond acceptors (Lipinski definition) is 2. The molecule has 1 aliphatic carbocycles. The maximum atomic E-state index is 6.09. The van der Waals surface area contributed by atoms with E-state index in [2.05, 4.69) is 26.1 Å². The van der Waals surface area contributed by atoms with E-state index in [1.54, 1.807) is 0 Å². The van der Waals surface area contributed by atoms with E-state index in [-0.39, 0.29) is 0 Å². The molecule has 0 amide bonds. The molecule has 0 spiro atoms. The number of hydrogen-bond donors (Lipinski definition) is 2. The Morgan fingerprint density at radius 3 is 2.47 bits per heavy atom. The second-order valence-electron chi connectivity index (χ2n) is 5.70. The van der Waals surface area contributed by atoms with E-state index in [1.807, 2.05) is 0 Å². The number of rotatable bonds is 6. The molecule has 0 aromatic carbocycles. The molecule has 1 rings (SSSR count). The van der Waals surface area contributed by atoms with Crippen LogP contribution in [0, 0.1) is 11.3 Å². The van der Waals surface area contributed by atoms with Gasteiger partial charge in [-0.3, -0.25) is 0 Å². The number of nitrogens with one attached hydrogen (secondary N) is 1. The highest BCUT2D eigenvalue weighted by Crippen LogP contribution is 2.36. The van der Waals surface area contributed by atoms with Crippen molar-refractivity contribution in [3.63, 3.8) is 0 Å². The van der Waals surface area contributed by atoms with E-state index >= 15 is 0 Å². The third kappa shape index (κ3) is 4.12. The van der Waals surface area contributed by atoms with Crippen molar-refractivity contribution in [2.75, 3.05) is 13.1 Å². The Morgan fingerprint density at radius 2 is 1.93 bits per heavy atom. The third-order valence-corrected chi connectivity index (χ3v) is 4.12. The second kappa shape index (κ2) is 5.86. The summed E-state index contributed by atoms with van der Waals surface area (Å²) >= 11 is 0. The van der Waals surface area contributed by atoms with Crippen molar-refractivity contribution in [2.24, 2.45) is 17.1 Å². The predicted octanol–water partition coefficient (Wildman–Crippen LogP) is 2.53. The lowest BCUT2D eigenvalue weighted by atomic mass is 9.88. The molecule has 1 fully saturated rings. The van der Waals surface area contributed by atoms with Crippen molar-refractivity contribution >= 4 is 0 Å². The van der Waals surface area contributed by atoms with Crippen LogP contribution in [0.15, 0.2) is 0 Å². The topological polar surface area (TPSA) is 38.0 Å². The van der Waals surface area contributed by atoms with Crippen LogP contribution >= 0.6 is 0 Å². The van der Waals surface area contributed by atoms with E-state index in [4.69, 9.17) is 5.73 Å². The first-order valence-corrected chi connectivity index (χ1v) is 6.54. The Kier molecular flexibility index (Phi) is 5.07. The van der Waals surface area contributed by atoms with Gasteiger partial charge in [-0.1, -0.05) is 40.0 Å². The summed E-state index contributed by atoms with van der Waals surface area (Å²) in [5, 5.41) is 3.56. The SMILES string of the molecule is CCC(C)C(N)CNCC1(C)CCCC1. The molecule has 0 aliphatic heterocycles. The minimum absolute atomic E-state index is 0.319. The van der Waals surface area contributed by atoms with Crippen LogP contribution in [0.2, 0.25) is 0 Å². The highest BCUT2D eigenvalue weighted by molar-refractivity contribution is 4.83. The lowest BCUT2D eigenvalue weighted by Crippen LogP contribution is -2.41. The molecule has 0 heterocycles. The molecule has 3 N–H and O–H groups in total. The minimum atomic E-state index is 0.319. The molecule has 0 saturated heterocycles. The van der Waals surface area contributed by atoms with Crippen LogP contribution in [0.3, 0.4) is 0 Å². The van der Waals surface area contributed by atoms with Gasteiger partial charge in [0.15, 0.2) is 0 Å². The number of nitrogens with two attached hydrogens (primary N) is 1. The maximum absolute atomic E-state index is 6.09. The van der Waals surface area contributed by atoms with Gasteiger partial charge in [0.25, 0.3) is 0 Å². The lowest BCUT2D eigenvalue weighted by molar-refractivity contribution is 0.302. The van der Waals surface area contributed by atoms with E-state index in [9.17, 15) is 0 Å². The van der Waals surface area contributed by atoms with Gasteiger partial charge in [-0.2, -0.15) is 0 Å². The quantitative estimate of drug-likeness (QED) is 0.710. The van der Waals surface area contributed by atoms with E-state index in [1.165, 1.54) is 32.1 Å². The van der Waals surface area contributed by atoms with Crippen molar-refractivity contribution in [1.82, 2.24) is 5.32 Å². The Labute approximate surface area is 95.0 Å². The average molecular weight is 212 g/mol. The highest BCUT2D eigenvalue weighted by Gasteiger charge is 2.28. The largest absolute Gasteiger partial charge is 0.326 e. The zero-order valence-electron chi connectivity index (χ0n) is 10.7. The molecular weight excluding hydrogens is 184 g/mol. The molecule has 1 saturated carbocycles. The molecule has 2 atom stereocenters. The molecule has 15 heavy (non-hydrogen) atoms. The molecule has 2 unspecified atom stereocenters. The molecule has 0 aromatic heterocycles. The van der Waals surface area contributed by atoms with Crippen molar-refractivity contribution in [3.05, 3.63) is 0 Å². The Morgan fingerprint density at radius 1 is 1.33 bits per heavy atom. The zero-order chi connectivity index (χ0) is 11.3. The molecule has 1 aliphatic rings. The Hall–Kier alpha value is -0.0800. The zero-order valence-corrected chi connectivity index (χ0v) is 10.7. The molecule has 90 valence electrons. The summed E-state index contributed by atoms with van der Waals surface area (Å²) in [5.74, 6) is 0.633. The predicted molar refractivity (Wildman–Crippen MR) is 66.9 cm³/mol. The lowest BCUT2D eigenvalue weighted by Gasteiger charge is -2.26. The van der Waals surface area contributed by atoms with E-state index in [0.717, 1.165) is 13.1 Å². The summed E-state index contributed by atoms with van der Waals surface area (Å²) in [6.07, 6.45) is 6.78. The fraction of sp³-hybridized carbons (Fsp3) is 1.00. The molecular formula is C13H28N2. The first-order chi connectivity index (χ1) is 7.07. The highest BCUT2D eigenvalue weighted by atomic mass is 14.9. The van der Waals surface area contributed by atoms with Gasteiger partial charge >= 0.3 is 0 Å². The summed E-state index contributed by atoms with van der Waals surface area (Å²) in [7, 11) is 0. The summed E-state index contributed by atoms with van der Waals surface area (Å²) in [4.78, 5) is 0. The van der Waals surface area contributed by atoms with Gasteiger partial charge in [-0.25, -0.2) is 0 Å². The summed E-state index contributed by atoms with van der Waals surface area (Å²) in [6, 6.07) is 0.319. The first-order valence-electron chi connectivity index (χ1n) is 6.54. The van der Waals surface area contributed by atoms with Gasteiger partial charge in [0.05, 0.1) is 0 Å². The first kappa shape index (κ1) is 13.0. The van der Waals surface area contributed by atoms with Crippen LogP contribution in [-0.4, -0.2) is 19.1 Å². The van der Waals surface area contributed by atoms with Crippen LogP contribution in [0.4, 0.5) is 0 Å².